The van der Waals surface area contributed by atoms with Gasteiger partial charge >= 0.3 is 6.03 Å². The van der Waals surface area contributed by atoms with Crippen molar-refractivity contribution in [3.63, 3.8) is 0 Å². The molecule has 22 heavy (non-hydrogen) atoms. The van der Waals surface area contributed by atoms with Crippen LogP contribution in [0.1, 0.15) is 18.1 Å². The summed E-state index contributed by atoms with van der Waals surface area (Å²) in [7, 11) is 0. The van der Waals surface area contributed by atoms with E-state index in [1.165, 1.54) is 11.1 Å². The number of amides is 2. The highest BCUT2D eigenvalue weighted by molar-refractivity contribution is 5.74. The molecule has 1 heterocycles. The zero-order valence-corrected chi connectivity index (χ0v) is 12.8. The molecule has 0 aliphatic heterocycles. The van der Waals surface area contributed by atoms with Gasteiger partial charge in [-0.15, -0.1) is 0 Å². The molecule has 1 unspecified atom stereocenters. The molecule has 1 aliphatic carbocycles. The summed E-state index contributed by atoms with van der Waals surface area (Å²) in [6.45, 7) is 3.56. The second kappa shape index (κ2) is 6.64. The van der Waals surface area contributed by atoms with Crippen LogP contribution in [0.15, 0.2) is 42.7 Å². The molecule has 1 aromatic heterocycles. The van der Waals surface area contributed by atoms with E-state index in [0.29, 0.717) is 12.5 Å². The minimum Gasteiger partial charge on any atom is -0.338 e. The zero-order chi connectivity index (χ0) is 15.4. The van der Waals surface area contributed by atoms with Crippen molar-refractivity contribution in [3.8, 4) is 0 Å². The maximum absolute atomic E-state index is 12.0. The molecule has 2 aromatic rings. The molecule has 0 saturated heterocycles. The van der Waals surface area contributed by atoms with Crippen LogP contribution in [-0.2, 0) is 19.4 Å². The number of carbonyl (C=O) groups is 1. The van der Waals surface area contributed by atoms with E-state index >= 15 is 0 Å². The minimum atomic E-state index is -0.0786. The fourth-order valence-electron chi connectivity index (χ4n) is 2.96. The van der Waals surface area contributed by atoms with Gasteiger partial charge in [-0.3, -0.25) is 4.68 Å². The number of carbonyl (C=O) groups excluding carboxylic acids is 1. The number of benzene rings is 1. The molecule has 5 heteroatoms. The number of nitrogens with one attached hydrogen (secondary N) is 2. The first-order valence-corrected chi connectivity index (χ1v) is 7.79. The van der Waals surface area contributed by atoms with E-state index in [0.717, 1.165) is 19.4 Å². The van der Waals surface area contributed by atoms with Gasteiger partial charge < -0.3 is 10.6 Å². The minimum absolute atomic E-state index is 0.0786. The highest BCUT2D eigenvalue weighted by Crippen LogP contribution is 2.21. The number of rotatable bonds is 5. The van der Waals surface area contributed by atoms with Gasteiger partial charge in [0.2, 0.25) is 0 Å². The van der Waals surface area contributed by atoms with Gasteiger partial charge in [0.25, 0.3) is 0 Å². The number of nitrogens with zero attached hydrogens (tertiary/aromatic N) is 2. The summed E-state index contributed by atoms with van der Waals surface area (Å²) in [6.07, 6.45) is 5.55. The van der Waals surface area contributed by atoms with Gasteiger partial charge in [-0.05, 0) is 36.0 Å². The van der Waals surface area contributed by atoms with Crippen LogP contribution in [0.5, 0.6) is 0 Å². The molecule has 0 radical (unpaired) electrons. The third kappa shape index (κ3) is 3.67. The quantitative estimate of drug-likeness (QED) is 0.887. The fourth-order valence-corrected chi connectivity index (χ4v) is 2.96. The molecule has 3 rings (SSSR count). The summed E-state index contributed by atoms with van der Waals surface area (Å²) < 4.78 is 1.89. The largest absolute Gasteiger partial charge is 0.338 e. The summed E-state index contributed by atoms with van der Waals surface area (Å²) in [5, 5.41) is 10.2. The van der Waals surface area contributed by atoms with Crippen molar-refractivity contribution >= 4 is 6.03 Å². The van der Waals surface area contributed by atoms with Crippen molar-refractivity contribution in [1.82, 2.24) is 20.4 Å². The Morgan fingerprint density at radius 2 is 2.05 bits per heavy atom. The van der Waals surface area contributed by atoms with E-state index in [2.05, 4.69) is 46.9 Å². The number of urea groups is 1. The average molecular weight is 298 g/mol. The van der Waals surface area contributed by atoms with Crippen molar-refractivity contribution in [1.29, 1.82) is 0 Å². The van der Waals surface area contributed by atoms with Gasteiger partial charge in [0.05, 0.1) is 0 Å². The lowest BCUT2D eigenvalue weighted by atomic mass is 10.1. The van der Waals surface area contributed by atoms with Gasteiger partial charge in [0, 0.05) is 31.5 Å². The topological polar surface area (TPSA) is 59.0 Å². The predicted molar refractivity (Wildman–Crippen MR) is 85.6 cm³/mol. The van der Waals surface area contributed by atoms with E-state index in [1.807, 2.05) is 16.9 Å². The third-order valence-corrected chi connectivity index (χ3v) is 4.06. The molecule has 0 fully saturated rings. The van der Waals surface area contributed by atoms with E-state index in [9.17, 15) is 4.79 Å². The van der Waals surface area contributed by atoms with Gasteiger partial charge in [-0.25, -0.2) is 4.79 Å². The predicted octanol–water partition coefficient (Wildman–Crippen LogP) is 1.99. The Kier molecular flexibility index (Phi) is 4.42. The van der Waals surface area contributed by atoms with Crippen LogP contribution in [0.25, 0.3) is 0 Å². The lowest BCUT2D eigenvalue weighted by Gasteiger charge is -2.16. The van der Waals surface area contributed by atoms with Gasteiger partial charge in [-0.2, -0.15) is 5.10 Å². The summed E-state index contributed by atoms with van der Waals surface area (Å²) in [6, 6.07) is 10.4. The second-order valence-electron chi connectivity index (χ2n) is 6.06. The molecule has 1 aliphatic rings. The molecule has 2 N–H and O–H groups in total. The van der Waals surface area contributed by atoms with E-state index in [4.69, 9.17) is 0 Å². The van der Waals surface area contributed by atoms with Crippen molar-refractivity contribution in [2.45, 2.75) is 32.4 Å². The van der Waals surface area contributed by atoms with Crippen LogP contribution in [0.2, 0.25) is 0 Å². The average Bonchev–Trinajstić information content (AvgIpc) is 3.13. The lowest BCUT2D eigenvalue weighted by molar-refractivity contribution is 0.235. The standard InChI is InChI=1S/C17H22N4O/c1-13(12-21-8-4-7-19-21)11-18-17(22)20-16-9-14-5-2-3-6-15(14)10-16/h2-8,13,16H,9-12H2,1H3,(H2,18,20,22). The van der Waals surface area contributed by atoms with Gasteiger partial charge in [0.1, 0.15) is 0 Å². The normalized spacial score (nSPS) is 15.3. The number of hydrogen-bond acceptors (Lipinski definition) is 2. The first-order chi connectivity index (χ1) is 10.7. The van der Waals surface area contributed by atoms with Gasteiger partial charge in [-0.1, -0.05) is 31.2 Å². The SMILES string of the molecule is CC(CNC(=O)NC1Cc2ccccc2C1)Cn1cccn1. The van der Waals surface area contributed by atoms with Crippen LogP contribution >= 0.6 is 0 Å². The number of fused-ring (bicyclic) bond motifs is 1. The molecular weight excluding hydrogens is 276 g/mol. The van der Waals surface area contributed by atoms with E-state index in [-0.39, 0.29) is 12.1 Å². The maximum atomic E-state index is 12.0. The molecule has 2 amide bonds. The first kappa shape index (κ1) is 14.6. The van der Waals surface area contributed by atoms with Crippen LogP contribution < -0.4 is 10.6 Å². The molecule has 1 aromatic carbocycles. The van der Waals surface area contributed by atoms with Crippen molar-refractivity contribution in [2.75, 3.05) is 6.54 Å². The fraction of sp³-hybridized carbons (Fsp3) is 0.412. The number of aromatic nitrogens is 2. The Bertz CT molecular complexity index is 598. The summed E-state index contributed by atoms with van der Waals surface area (Å²) in [5.41, 5.74) is 2.69. The Morgan fingerprint density at radius 1 is 1.32 bits per heavy atom. The first-order valence-electron chi connectivity index (χ1n) is 7.79. The Morgan fingerprint density at radius 3 is 2.68 bits per heavy atom. The zero-order valence-electron chi connectivity index (χ0n) is 12.8. The monoisotopic (exact) mass is 298 g/mol. The van der Waals surface area contributed by atoms with Crippen molar-refractivity contribution < 1.29 is 4.79 Å². The van der Waals surface area contributed by atoms with Crippen molar-refractivity contribution in [2.24, 2.45) is 5.92 Å². The highest BCUT2D eigenvalue weighted by Gasteiger charge is 2.22. The molecule has 0 spiro atoms. The Balaban J connectivity index is 1.40. The van der Waals surface area contributed by atoms with E-state index < -0.39 is 0 Å². The molecule has 0 bridgehead atoms. The molecule has 116 valence electrons. The smallest absolute Gasteiger partial charge is 0.315 e. The van der Waals surface area contributed by atoms with Crippen LogP contribution in [-0.4, -0.2) is 28.4 Å². The second-order valence-corrected chi connectivity index (χ2v) is 6.06. The van der Waals surface area contributed by atoms with E-state index in [1.54, 1.807) is 6.20 Å². The van der Waals surface area contributed by atoms with Crippen molar-refractivity contribution in [3.05, 3.63) is 53.9 Å². The molecular formula is C17H22N4O. The Hall–Kier alpha value is -2.30. The van der Waals surface area contributed by atoms with Crippen LogP contribution in [0.3, 0.4) is 0 Å². The molecule has 0 saturated carbocycles. The third-order valence-electron chi connectivity index (χ3n) is 4.06. The number of hydrogen-bond donors (Lipinski definition) is 2. The Labute approximate surface area is 130 Å². The molecule has 1 atom stereocenters. The van der Waals surface area contributed by atoms with Crippen LogP contribution in [0.4, 0.5) is 4.79 Å². The maximum Gasteiger partial charge on any atom is 0.315 e. The lowest BCUT2D eigenvalue weighted by Crippen LogP contribution is -2.44. The molecule has 5 nitrogen and oxygen atoms in total. The summed E-state index contributed by atoms with van der Waals surface area (Å²) in [5.74, 6) is 0.339. The highest BCUT2D eigenvalue weighted by atomic mass is 16.2. The summed E-state index contributed by atoms with van der Waals surface area (Å²) >= 11 is 0. The summed E-state index contributed by atoms with van der Waals surface area (Å²) in [4.78, 5) is 12.0. The van der Waals surface area contributed by atoms with Crippen LogP contribution in [0, 0.1) is 5.92 Å². The van der Waals surface area contributed by atoms with Gasteiger partial charge in [0.15, 0.2) is 0 Å².